The molecule has 1 N–H and O–H groups in total. The maximum absolute atomic E-state index is 13.5. The number of carbonyl (C=O) groups is 1. The Morgan fingerprint density at radius 2 is 1.91 bits per heavy atom. The molecule has 186 valence electrons. The first-order chi connectivity index (χ1) is 16.7. The van der Waals surface area contributed by atoms with E-state index >= 15 is 0 Å². The molecule has 2 aliphatic rings. The van der Waals surface area contributed by atoms with Crippen molar-refractivity contribution in [2.45, 2.75) is 76.2 Å². The predicted molar refractivity (Wildman–Crippen MR) is 129 cm³/mol. The molecule has 0 bridgehead atoms. The SMILES string of the molecule is CC(C)(C)N(C(=O)OC1CC(c2ccc(F)cc2)CC1Oc1ccc(C#N)nc1)C1CCCNC1. The van der Waals surface area contributed by atoms with Gasteiger partial charge in [-0.25, -0.2) is 14.2 Å². The van der Waals surface area contributed by atoms with Crippen LogP contribution >= 0.6 is 0 Å². The van der Waals surface area contributed by atoms with Gasteiger partial charge in [0.25, 0.3) is 0 Å². The number of aromatic nitrogens is 1. The molecule has 1 saturated carbocycles. The molecule has 0 radical (unpaired) electrons. The normalized spacial score (nSPS) is 24.4. The second-order valence-electron chi connectivity index (χ2n) is 10.3. The average Bonchev–Trinajstić information content (AvgIpc) is 3.21. The zero-order valence-electron chi connectivity index (χ0n) is 20.5. The van der Waals surface area contributed by atoms with E-state index in [-0.39, 0.29) is 23.9 Å². The lowest BCUT2D eigenvalue weighted by Gasteiger charge is -2.43. The third kappa shape index (κ3) is 6.09. The van der Waals surface area contributed by atoms with Crippen molar-refractivity contribution in [3.63, 3.8) is 0 Å². The van der Waals surface area contributed by atoms with Crippen molar-refractivity contribution < 1.29 is 18.7 Å². The van der Waals surface area contributed by atoms with Crippen LogP contribution in [0.1, 0.15) is 63.6 Å². The van der Waals surface area contributed by atoms with Crippen molar-refractivity contribution in [1.29, 1.82) is 5.26 Å². The number of ether oxygens (including phenoxy) is 2. The van der Waals surface area contributed by atoms with Gasteiger partial charge in [-0.1, -0.05) is 12.1 Å². The van der Waals surface area contributed by atoms with E-state index in [1.807, 2.05) is 31.7 Å². The molecule has 8 heteroatoms. The fourth-order valence-corrected chi connectivity index (χ4v) is 5.12. The number of nitrogens with one attached hydrogen (secondary N) is 1. The van der Waals surface area contributed by atoms with Crippen LogP contribution in [0.3, 0.4) is 0 Å². The number of nitrogens with zero attached hydrogens (tertiary/aromatic N) is 3. The smallest absolute Gasteiger partial charge is 0.410 e. The lowest BCUT2D eigenvalue weighted by atomic mass is 9.97. The number of rotatable bonds is 5. The van der Waals surface area contributed by atoms with Gasteiger partial charge in [0.2, 0.25) is 0 Å². The van der Waals surface area contributed by atoms with Gasteiger partial charge in [-0.05, 0) is 88.7 Å². The fraction of sp³-hybridized carbons (Fsp3) is 0.519. The number of hydrogen-bond acceptors (Lipinski definition) is 6. The van der Waals surface area contributed by atoms with E-state index < -0.39 is 17.7 Å². The van der Waals surface area contributed by atoms with Gasteiger partial charge in [-0.3, -0.25) is 4.90 Å². The summed E-state index contributed by atoms with van der Waals surface area (Å²) < 4.78 is 25.9. The van der Waals surface area contributed by atoms with Gasteiger partial charge < -0.3 is 14.8 Å². The Morgan fingerprint density at radius 1 is 1.17 bits per heavy atom. The van der Waals surface area contributed by atoms with Crippen LogP contribution in [-0.2, 0) is 4.74 Å². The number of nitriles is 1. The summed E-state index contributed by atoms with van der Waals surface area (Å²) in [6, 6.07) is 11.8. The van der Waals surface area contributed by atoms with Crippen molar-refractivity contribution in [3.05, 3.63) is 59.7 Å². The molecular formula is C27H33FN4O3. The molecule has 1 aliphatic heterocycles. The zero-order valence-corrected chi connectivity index (χ0v) is 20.5. The molecule has 2 heterocycles. The Hall–Kier alpha value is -3.18. The van der Waals surface area contributed by atoms with Crippen molar-refractivity contribution in [3.8, 4) is 11.8 Å². The summed E-state index contributed by atoms with van der Waals surface area (Å²) in [6.45, 7) is 7.77. The van der Waals surface area contributed by atoms with Gasteiger partial charge >= 0.3 is 6.09 Å². The minimum atomic E-state index is -0.477. The summed E-state index contributed by atoms with van der Waals surface area (Å²) in [5.41, 5.74) is 0.891. The van der Waals surface area contributed by atoms with Crippen LogP contribution in [0.15, 0.2) is 42.6 Å². The molecule has 35 heavy (non-hydrogen) atoms. The molecule has 1 amide bonds. The van der Waals surface area contributed by atoms with E-state index in [0.29, 0.717) is 24.3 Å². The first kappa shape index (κ1) is 24.9. The topological polar surface area (TPSA) is 87.5 Å². The molecule has 1 aromatic carbocycles. The quantitative estimate of drug-likeness (QED) is 0.663. The van der Waals surface area contributed by atoms with E-state index in [9.17, 15) is 9.18 Å². The van der Waals surface area contributed by atoms with Gasteiger partial charge in [0.1, 0.15) is 35.5 Å². The first-order valence-corrected chi connectivity index (χ1v) is 12.2. The van der Waals surface area contributed by atoms with Crippen molar-refractivity contribution in [2.75, 3.05) is 13.1 Å². The highest BCUT2D eigenvalue weighted by Gasteiger charge is 2.42. The number of amides is 1. The molecule has 7 nitrogen and oxygen atoms in total. The second-order valence-corrected chi connectivity index (χ2v) is 10.3. The van der Waals surface area contributed by atoms with Crippen LogP contribution in [0.2, 0.25) is 0 Å². The van der Waals surface area contributed by atoms with Gasteiger partial charge in [0.15, 0.2) is 0 Å². The average molecular weight is 481 g/mol. The van der Waals surface area contributed by atoms with Crippen LogP contribution in [0.4, 0.5) is 9.18 Å². The van der Waals surface area contributed by atoms with Crippen LogP contribution in [0.25, 0.3) is 0 Å². The third-order valence-electron chi connectivity index (χ3n) is 6.74. The summed E-state index contributed by atoms with van der Waals surface area (Å²) in [4.78, 5) is 19.5. The number of carbonyl (C=O) groups excluding carboxylic acids is 1. The summed E-state index contributed by atoms with van der Waals surface area (Å²) in [7, 11) is 0. The second kappa shape index (κ2) is 10.6. The number of benzene rings is 1. The molecule has 4 unspecified atom stereocenters. The van der Waals surface area contributed by atoms with Crippen molar-refractivity contribution in [2.24, 2.45) is 0 Å². The minimum Gasteiger partial charge on any atom is -0.485 e. The molecule has 1 aliphatic carbocycles. The maximum Gasteiger partial charge on any atom is 0.410 e. The van der Waals surface area contributed by atoms with E-state index in [1.54, 1.807) is 24.3 Å². The van der Waals surface area contributed by atoms with Crippen molar-refractivity contribution in [1.82, 2.24) is 15.2 Å². The molecule has 4 atom stereocenters. The molecular weight excluding hydrogens is 447 g/mol. The lowest BCUT2D eigenvalue weighted by molar-refractivity contribution is -0.0132. The van der Waals surface area contributed by atoms with E-state index in [1.165, 1.54) is 18.3 Å². The Balaban J connectivity index is 1.54. The summed E-state index contributed by atoms with van der Waals surface area (Å²) in [5, 5.41) is 12.4. The Kier molecular flexibility index (Phi) is 7.56. The Morgan fingerprint density at radius 3 is 2.51 bits per heavy atom. The highest BCUT2D eigenvalue weighted by molar-refractivity contribution is 5.69. The van der Waals surface area contributed by atoms with E-state index in [0.717, 1.165) is 31.5 Å². The van der Waals surface area contributed by atoms with Crippen LogP contribution in [0, 0.1) is 17.1 Å². The molecule has 2 fully saturated rings. The highest BCUT2D eigenvalue weighted by Crippen LogP contribution is 2.39. The minimum absolute atomic E-state index is 0.0594. The standard InChI is InChI=1S/C27H33FN4O3/c1-27(2,3)32(22-5-4-12-30-16-22)26(33)35-25-14-19(18-6-8-20(28)9-7-18)13-24(25)34-23-11-10-21(15-29)31-17-23/h6-11,17,19,22,24-25,30H,4-5,12-14,16H2,1-3H3. The molecule has 0 spiro atoms. The highest BCUT2D eigenvalue weighted by atomic mass is 19.1. The molecule has 1 saturated heterocycles. The summed E-state index contributed by atoms with van der Waals surface area (Å²) in [6.07, 6.45) is 3.43. The van der Waals surface area contributed by atoms with Crippen LogP contribution in [0.5, 0.6) is 5.75 Å². The first-order valence-electron chi connectivity index (χ1n) is 12.2. The van der Waals surface area contributed by atoms with Gasteiger partial charge in [0.05, 0.1) is 6.20 Å². The van der Waals surface area contributed by atoms with Gasteiger partial charge in [-0.2, -0.15) is 5.26 Å². The number of halogens is 1. The predicted octanol–water partition coefficient (Wildman–Crippen LogP) is 4.78. The van der Waals surface area contributed by atoms with Gasteiger partial charge in [0, 0.05) is 18.1 Å². The summed E-state index contributed by atoms with van der Waals surface area (Å²) >= 11 is 0. The zero-order chi connectivity index (χ0) is 25.0. The Labute approximate surface area is 206 Å². The van der Waals surface area contributed by atoms with Crippen molar-refractivity contribution >= 4 is 6.09 Å². The Bertz CT molecular complexity index is 1040. The molecule has 1 aromatic heterocycles. The van der Waals surface area contributed by atoms with Gasteiger partial charge in [-0.15, -0.1) is 0 Å². The largest absolute Gasteiger partial charge is 0.485 e. The maximum atomic E-state index is 13.5. The number of piperidine rings is 1. The van der Waals surface area contributed by atoms with Crippen LogP contribution in [-0.4, -0.2) is 52.9 Å². The number of hydrogen-bond donors (Lipinski definition) is 1. The lowest BCUT2D eigenvalue weighted by Crippen LogP contribution is -2.57. The van der Waals surface area contributed by atoms with E-state index in [2.05, 4.69) is 10.3 Å². The van der Waals surface area contributed by atoms with Crippen LogP contribution < -0.4 is 10.1 Å². The molecule has 2 aromatic rings. The monoisotopic (exact) mass is 480 g/mol. The fourth-order valence-electron chi connectivity index (χ4n) is 5.12. The van der Waals surface area contributed by atoms with E-state index in [4.69, 9.17) is 14.7 Å². The third-order valence-corrected chi connectivity index (χ3v) is 6.74. The summed E-state index contributed by atoms with van der Waals surface area (Å²) in [5.74, 6) is 0.288. The number of pyridine rings is 1. The molecule has 4 rings (SSSR count).